The van der Waals surface area contributed by atoms with Crippen LogP contribution in [0, 0.1) is 11.6 Å². The van der Waals surface area contributed by atoms with Gasteiger partial charge >= 0.3 is 12.3 Å². The van der Waals surface area contributed by atoms with Gasteiger partial charge in [0.25, 0.3) is 0 Å². The second-order valence-corrected chi connectivity index (χ2v) is 8.04. The van der Waals surface area contributed by atoms with Crippen LogP contribution in [0.5, 0.6) is 5.75 Å². The third-order valence-electron chi connectivity index (χ3n) is 5.54. The van der Waals surface area contributed by atoms with E-state index in [0.717, 1.165) is 6.07 Å². The average molecular weight is 495 g/mol. The second kappa shape index (κ2) is 9.35. The van der Waals surface area contributed by atoms with Gasteiger partial charge in [-0.25, -0.2) is 18.6 Å². The molecule has 1 saturated carbocycles. The normalized spacial score (nSPS) is 17.5. The van der Waals surface area contributed by atoms with Crippen LogP contribution < -0.4 is 15.4 Å². The van der Waals surface area contributed by atoms with Gasteiger partial charge in [-0.3, -0.25) is 10.1 Å². The van der Waals surface area contributed by atoms with Crippen LogP contribution in [0.15, 0.2) is 42.6 Å². The number of aromatic nitrogens is 1. The maximum Gasteiger partial charge on any atom is 0.419 e. The number of ether oxygens (including phenoxy) is 1. The number of benzene rings is 2. The van der Waals surface area contributed by atoms with E-state index in [-0.39, 0.29) is 29.6 Å². The molecule has 3 N–H and O–H groups in total. The first-order valence-electron chi connectivity index (χ1n) is 10.4. The molecule has 0 atom stereocenters. The number of nitrogens with one attached hydrogen (secondary N) is 2. The van der Waals surface area contributed by atoms with Crippen LogP contribution in [-0.2, 0) is 17.4 Å². The molecule has 4 rings (SSSR count). The van der Waals surface area contributed by atoms with Crippen LogP contribution in [-0.4, -0.2) is 34.2 Å². The van der Waals surface area contributed by atoms with Gasteiger partial charge < -0.3 is 15.2 Å². The second-order valence-electron chi connectivity index (χ2n) is 8.04. The van der Waals surface area contributed by atoms with E-state index in [1.165, 1.54) is 24.4 Å². The van der Waals surface area contributed by atoms with Gasteiger partial charge in [0.15, 0.2) is 0 Å². The van der Waals surface area contributed by atoms with Crippen molar-refractivity contribution in [1.29, 1.82) is 0 Å². The van der Waals surface area contributed by atoms with Gasteiger partial charge in [-0.2, -0.15) is 13.2 Å². The molecule has 12 heteroatoms. The minimum atomic E-state index is -4.85. The van der Waals surface area contributed by atoms with Crippen molar-refractivity contribution in [2.45, 2.75) is 37.6 Å². The number of rotatable bonds is 6. The molecule has 1 aromatic heterocycles. The Morgan fingerprint density at radius 2 is 1.80 bits per heavy atom. The summed E-state index contributed by atoms with van der Waals surface area (Å²) in [4.78, 5) is 27.3. The van der Waals surface area contributed by atoms with E-state index < -0.39 is 41.5 Å². The molecule has 1 aliphatic rings. The molecular weight excluding hydrogens is 477 g/mol. The summed E-state index contributed by atoms with van der Waals surface area (Å²) in [5.74, 6) is -2.69. The monoisotopic (exact) mass is 495 g/mol. The Balaban J connectivity index is 1.37. The van der Waals surface area contributed by atoms with Crippen molar-refractivity contribution in [2.75, 3.05) is 5.32 Å². The number of pyridine rings is 1. The first kappa shape index (κ1) is 24.2. The molecular formula is C23H18F5N3O4. The zero-order valence-electron chi connectivity index (χ0n) is 17.8. The molecule has 1 heterocycles. The Morgan fingerprint density at radius 3 is 2.49 bits per heavy atom. The number of carbonyl (C=O) groups excluding carboxylic acids is 1. The van der Waals surface area contributed by atoms with Crippen molar-refractivity contribution in [3.05, 3.63) is 65.4 Å². The van der Waals surface area contributed by atoms with Gasteiger partial charge in [0.1, 0.15) is 29.3 Å². The first-order valence-corrected chi connectivity index (χ1v) is 10.4. The van der Waals surface area contributed by atoms with E-state index in [9.17, 15) is 31.5 Å². The Kier molecular flexibility index (Phi) is 6.46. The smallest absolute Gasteiger partial charge is 0.419 e. The third kappa shape index (κ3) is 5.58. The Bertz CT molecular complexity index is 1290. The lowest BCUT2D eigenvalue weighted by Gasteiger charge is -2.36. The molecule has 2 aromatic carbocycles. The Labute approximate surface area is 194 Å². The van der Waals surface area contributed by atoms with E-state index in [2.05, 4.69) is 15.6 Å². The number of hydrogen-bond acceptors (Lipinski definition) is 4. The molecule has 7 nitrogen and oxygen atoms in total. The number of halogens is 5. The summed E-state index contributed by atoms with van der Waals surface area (Å²) < 4.78 is 71.9. The molecule has 0 unspecified atom stereocenters. The topological polar surface area (TPSA) is 101 Å². The lowest BCUT2D eigenvalue weighted by Crippen LogP contribution is -2.49. The average Bonchev–Trinajstić information content (AvgIpc) is 2.74. The lowest BCUT2D eigenvalue weighted by molar-refractivity contribution is -0.140. The highest BCUT2D eigenvalue weighted by Gasteiger charge is 2.36. The van der Waals surface area contributed by atoms with Gasteiger partial charge in [0.2, 0.25) is 5.91 Å². The van der Waals surface area contributed by atoms with E-state index in [0.29, 0.717) is 35.7 Å². The highest BCUT2D eigenvalue weighted by molar-refractivity contribution is 5.93. The summed E-state index contributed by atoms with van der Waals surface area (Å²) >= 11 is 0. The molecule has 1 fully saturated rings. The van der Waals surface area contributed by atoms with Crippen molar-refractivity contribution in [3.63, 3.8) is 0 Å². The number of amides is 2. The Hall–Kier alpha value is -3.96. The summed E-state index contributed by atoms with van der Waals surface area (Å²) in [7, 11) is 0. The number of hydrogen-bond donors (Lipinski definition) is 3. The zero-order chi connectivity index (χ0) is 25.3. The minimum Gasteiger partial charge on any atom is -0.490 e. The summed E-state index contributed by atoms with van der Waals surface area (Å²) in [6.07, 6.45) is -5.03. The maximum atomic E-state index is 14.5. The lowest BCUT2D eigenvalue weighted by atomic mass is 9.89. The number of carboxylic acid groups (broad SMARTS) is 1. The summed E-state index contributed by atoms with van der Waals surface area (Å²) in [5.41, 5.74) is -1.36. The van der Waals surface area contributed by atoms with Crippen molar-refractivity contribution < 1.29 is 41.4 Å². The predicted molar refractivity (Wildman–Crippen MR) is 114 cm³/mol. The quantitative estimate of drug-likeness (QED) is 0.423. The fourth-order valence-electron chi connectivity index (χ4n) is 3.82. The van der Waals surface area contributed by atoms with Gasteiger partial charge in [-0.05, 0) is 41.8 Å². The third-order valence-corrected chi connectivity index (χ3v) is 5.54. The van der Waals surface area contributed by atoms with Crippen LogP contribution in [0.25, 0.3) is 10.8 Å². The van der Waals surface area contributed by atoms with Gasteiger partial charge in [-0.1, -0.05) is 0 Å². The van der Waals surface area contributed by atoms with Crippen molar-refractivity contribution in [2.24, 2.45) is 0 Å². The highest BCUT2D eigenvalue weighted by Crippen LogP contribution is 2.35. The predicted octanol–water partition coefficient (Wildman–Crippen LogP) is 4.89. The molecule has 35 heavy (non-hydrogen) atoms. The molecule has 2 amide bonds. The summed E-state index contributed by atoms with van der Waals surface area (Å²) in [6.45, 7) is 0. The Morgan fingerprint density at radius 1 is 1.09 bits per heavy atom. The largest absolute Gasteiger partial charge is 0.490 e. The molecule has 0 saturated heterocycles. The molecule has 0 spiro atoms. The van der Waals surface area contributed by atoms with Crippen molar-refractivity contribution >= 4 is 28.6 Å². The van der Waals surface area contributed by atoms with Crippen LogP contribution in [0.1, 0.15) is 24.0 Å². The van der Waals surface area contributed by atoms with Crippen LogP contribution >= 0.6 is 0 Å². The number of fused-ring (bicyclic) bond motifs is 1. The number of alkyl halides is 3. The van der Waals surface area contributed by atoms with E-state index in [1.54, 1.807) is 0 Å². The molecule has 1 aliphatic carbocycles. The van der Waals surface area contributed by atoms with Crippen LogP contribution in [0.4, 0.5) is 32.6 Å². The molecule has 0 aliphatic heterocycles. The SMILES string of the molecule is O=C(O)Nc1cc2c(CC(=O)N[C@H]3C[C@H](Oc4ccc(F)c(C(F)(F)F)c4)C3)c(F)ccc2cn1. The molecule has 0 bridgehead atoms. The van der Waals surface area contributed by atoms with Crippen LogP contribution in [0.3, 0.4) is 0 Å². The van der Waals surface area contributed by atoms with Gasteiger partial charge in [0.05, 0.1) is 12.0 Å². The fraction of sp³-hybridized carbons (Fsp3) is 0.261. The maximum absolute atomic E-state index is 14.5. The standard InChI is InChI=1S/C23H18F5N3O4/c24-18-3-1-11-10-29-20(31-22(33)34)8-15(11)16(18)9-21(32)30-12-5-14(6-12)35-13-2-4-19(25)17(7-13)23(26,27)28/h1-4,7-8,10,12,14H,5-6,9H2,(H,29,31)(H,30,32)(H,33,34)/t12-,14-. The molecule has 184 valence electrons. The number of anilines is 1. The van der Waals surface area contributed by atoms with Gasteiger partial charge in [-0.15, -0.1) is 0 Å². The number of nitrogens with zero attached hydrogens (tertiary/aromatic N) is 1. The fourth-order valence-corrected chi connectivity index (χ4v) is 3.82. The number of carbonyl (C=O) groups is 2. The molecule has 0 radical (unpaired) electrons. The molecule has 3 aromatic rings. The van der Waals surface area contributed by atoms with Gasteiger partial charge in [0, 0.05) is 36.0 Å². The summed E-state index contributed by atoms with van der Waals surface area (Å²) in [5, 5.41) is 14.5. The minimum absolute atomic E-state index is 0.0225. The van der Waals surface area contributed by atoms with E-state index in [1.807, 2.05) is 0 Å². The van der Waals surface area contributed by atoms with E-state index in [4.69, 9.17) is 9.84 Å². The first-order chi connectivity index (χ1) is 16.5. The highest BCUT2D eigenvalue weighted by atomic mass is 19.4. The summed E-state index contributed by atoms with van der Waals surface area (Å²) in [6, 6.07) is 6.01. The van der Waals surface area contributed by atoms with Crippen molar-refractivity contribution in [1.82, 2.24) is 10.3 Å². The van der Waals surface area contributed by atoms with Crippen LogP contribution in [0.2, 0.25) is 0 Å². The van der Waals surface area contributed by atoms with E-state index >= 15 is 0 Å². The van der Waals surface area contributed by atoms with Crippen molar-refractivity contribution in [3.8, 4) is 5.75 Å². The zero-order valence-corrected chi connectivity index (χ0v) is 17.8.